The number of halogens is 3. The molecule has 3 aromatic rings. The van der Waals surface area contributed by atoms with Crippen molar-refractivity contribution >= 4 is 28.4 Å². The molecular formula is C29H29F3N6O. The number of nitrogens with one attached hydrogen (secondary N) is 1. The fourth-order valence-electron chi connectivity index (χ4n) is 4.90. The zero-order chi connectivity index (χ0) is 27.6. The Kier molecular flexibility index (Phi) is 7.44. The van der Waals surface area contributed by atoms with Crippen LogP contribution in [0.5, 0.6) is 0 Å². The molecule has 1 aliphatic carbocycles. The van der Waals surface area contributed by atoms with E-state index in [1.54, 1.807) is 25.3 Å². The third-order valence-corrected chi connectivity index (χ3v) is 7.08. The highest BCUT2D eigenvalue weighted by Crippen LogP contribution is 2.37. The average molecular weight is 535 g/mol. The second kappa shape index (κ2) is 10.9. The molecule has 3 heterocycles. The van der Waals surface area contributed by atoms with Crippen molar-refractivity contribution in [3.63, 3.8) is 0 Å². The van der Waals surface area contributed by atoms with E-state index in [0.717, 1.165) is 37.6 Å². The van der Waals surface area contributed by atoms with Gasteiger partial charge in [0.25, 0.3) is 5.56 Å². The fourth-order valence-corrected chi connectivity index (χ4v) is 4.90. The van der Waals surface area contributed by atoms with Crippen LogP contribution in [-0.2, 0) is 6.54 Å². The van der Waals surface area contributed by atoms with Gasteiger partial charge in [0.15, 0.2) is 0 Å². The van der Waals surface area contributed by atoms with Gasteiger partial charge >= 0.3 is 6.18 Å². The molecule has 39 heavy (non-hydrogen) atoms. The van der Waals surface area contributed by atoms with Crippen molar-refractivity contribution in [2.75, 3.05) is 43.4 Å². The molecule has 2 aliphatic rings. The van der Waals surface area contributed by atoms with Gasteiger partial charge in [-0.25, -0.2) is 4.98 Å². The molecule has 1 saturated heterocycles. The van der Waals surface area contributed by atoms with E-state index in [2.05, 4.69) is 44.0 Å². The minimum atomic E-state index is -4.42. The van der Waals surface area contributed by atoms with Crippen molar-refractivity contribution in [2.45, 2.75) is 26.1 Å². The van der Waals surface area contributed by atoms with Crippen LogP contribution in [0.15, 0.2) is 65.1 Å². The summed E-state index contributed by atoms with van der Waals surface area (Å²) in [4.78, 5) is 26.9. The first kappa shape index (κ1) is 26.5. The highest BCUT2D eigenvalue weighted by atomic mass is 19.4. The largest absolute Gasteiger partial charge is 0.395 e. The lowest BCUT2D eigenvalue weighted by Crippen LogP contribution is -2.44. The van der Waals surface area contributed by atoms with Crippen molar-refractivity contribution in [2.24, 2.45) is 5.92 Å². The van der Waals surface area contributed by atoms with E-state index in [4.69, 9.17) is 0 Å². The summed E-state index contributed by atoms with van der Waals surface area (Å²) in [7, 11) is 2.11. The van der Waals surface area contributed by atoms with E-state index < -0.39 is 17.7 Å². The molecule has 7 nitrogen and oxygen atoms in total. The van der Waals surface area contributed by atoms with Gasteiger partial charge in [-0.2, -0.15) is 18.2 Å². The average Bonchev–Trinajstić information content (AvgIpc) is 2.92. The lowest BCUT2D eigenvalue weighted by molar-refractivity contribution is -0.164. The molecule has 2 aromatic heterocycles. The fraction of sp³-hybridized carbons (Fsp3) is 0.345. The number of aromatic nitrogens is 3. The van der Waals surface area contributed by atoms with Crippen molar-refractivity contribution in [1.29, 1.82) is 0 Å². The van der Waals surface area contributed by atoms with E-state index in [0.29, 0.717) is 5.39 Å². The molecule has 0 spiro atoms. The molecule has 1 unspecified atom stereocenters. The molecule has 5 rings (SSSR count). The van der Waals surface area contributed by atoms with E-state index >= 15 is 0 Å². The number of likely N-dealkylation sites (N-methyl/N-ethyl adjacent to an activating group) is 1. The summed E-state index contributed by atoms with van der Waals surface area (Å²) in [5.41, 5.74) is 1.92. The van der Waals surface area contributed by atoms with Gasteiger partial charge in [-0.1, -0.05) is 24.1 Å². The van der Waals surface area contributed by atoms with E-state index in [1.807, 2.05) is 24.3 Å². The number of piperazine rings is 1. The summed E-state index contributed by atoms with van der Waals surface area (Å²) < 4.78 is 42.5. The molecule has 0 amide bonds. The molecule has 10 heteroatoms. The molecule has 1 aliphatic heterocycles. The third-order valence-electron chi connectivity index (χ3n) is 7.08. The maximum atomic E-state index is 13.8. The molecule has 1 fully saturated rings. The third kappa shape index (κ3) is 5.83. The van der Waals surface area contributed by atoms with Crippen LogP contribution in [0.2, 0.25) is 0 Å². The van der Waals surface area contributed by atoms with Crippen molar-refractivity contribution in [1.82, 2.24) is 19.4 Å². The lowest BCUT2D eigenvalue weighted by atomic mass is 9.90. The Balaban J connectivity index is 1.47. The zero-order valence-electron chi connectivity index (χ0n) is 21.8. The van der Waals surface area contributed by atoms with Crippen LogP contribution in [0, 0.1) is 17.8 Å². The number of pyridine rings is 1. The van der Waals surface area contributed by atoms with Gasteiger partial charge in [0.2, 0.25) is 5.95 Å². The Hall–Kier alpha value is -4.10. The molecule has 202 valence electrons. The Morgan fingerprint density at radius 3 is 2.56 bits per heavy atom. The Bertz CT molecular complexity index is 1540. The van der Waals surface area contributed by atoms with Gasteiger partial charge in [-0.3, -0.25) is 9.36 Å². The predicted octanol–water partition coefficient (Wildman–Crippen LogP) is 4.72. The number of anilines is 3. The van der Waals surface area contributed by atoms with Crippen LogP contribution < -0.4 is 15.8 Å². The topological polar surface area (TPSA) is 66.3 Å². The number of benzene rings is 1. The van der Waals surface area contributed by atoms with Crippen LogP contribution >= 0.6 is 0 Å². The van der Waals surface area contributed by atoms with E-state index in [9.17, 15) is 18.0 Å². The summed E-state index contributed by atoms with van der Waals surface area (Å²) in [5, 5.41) is 3.67. The van der Waals surface area contributed by atoms with Crippen LogP contribution in [0.4, 0.5) is 30.5 Å². The van der Waals surface area contributed by atoms with Gasteiger partial charge < -0.3 is 15.1 Å². The monoisotopic (exact) mass is 534 g/mol. The first-order valence-corrected chi connectivity index (χ1v) is 12.8. The van der Waals surface area contributed by atoms with Crippen LogP contribution in [0.25, 0.3) is 11.0 Å². The summed E-state index contributed by atoms with van der Waals surface area (Å²) in [6.07, 6.45) is 1.48. The molecular weight excluding hydrogens is 505 g/mol. The number of rotatable bonds is 5. The number of allylic oxidation sites excluding steroid dienone is 4. The van der Waals surface area contributed by atoms with Gasteiger partial charge in [0.05, 0.1) is 11.5 Å². The standard InChI is InChI=1S/C29H29F3N6O/c1-3-6-20-17-22-18-33-28(34-23-9-11-24(12-10-23)37-15-13-36(2)14-16-37)35-26(22)38(27(20)39)19-21-7-4-5-8-25(21)29(30,31)32/h4-5,7,9-12,17-18,25H,8,13-16,19H2,1-2H3,(H,33,34,35). The van der Waals surface area contributed by atoms with Gasteiger partial charge in [0, 0.05) is 55.7 Å². The molecule has 1 atom stereocenters. The SMILES string of the molecule is CC#Cc1cc2cnc(Nc3ccc(N4CCN(C)CC4)cc3)nc2n(CC2=CC=CCC2C(F)(F)F)c1=O. The quantitative estimate of drug-likeness (QED) is 0.478. The maximum absolute atomic E-state index is 13.8. The van der Waals surface area contributed by atoms with Crippen molar-refractivity contribution < 1.29 is 13.2 Å². The lowest BCUT2D eigenvalue weighted by Gasteiger charge is -2.34. The highest BCUT2D eigenvalue weighted by Gasteiger charge is 2.41. The van der Waals surface area contributed by atoms with Gasteiger partial charge in [0.1, 0.15) is 5.65 Å². The molecule has 0 radical (unpaired) electrons. The smallest absolute Gasteiger partial charge is 0.369 e. The molecule has 1 aromatic carbocycles. The summed E-state index contributed by atoms with van der Waals surface area (Å²) in [6.45, 7) is 5.28. The van der Waals surface area contributed by atoms with Gasteiger partial charge in [-0.15, -0.1) is 5.92 Å². The number of fused-ring (bicyclic) bond motifs is 1. The first-order chi connectivity index (χ1) is 18.7. The number of nitrogens with zero attached hydrogens (tertiary/aromatic N) is 5. The Morgan fingerprint density at radius 2 is 1.87 bits per heavy atom. The van der Waals surface area contributed by atoms with Crippen molar-refractivity contribution in [3.05, 3.63) is 76.2 Å². The van der Waals surface area contributed by atoms with Crippen LogP contribution in [-0.4, -0.2) is 58.8 Å². The minimum absolute atomic E-state index is 0.0997. The molecule has 0 bridgehead atoms. The second-order valence-electron chi connectivity index (χ2n) is 9.76. The maximum Gasteiger partial charge on any atom is 0.395 e. The summed E-state index contributed by atoms with van der Waals surface area (Å²) >= 11 is 0. The van der Waals surface area contributed by atoms with E-state index in [1.165, 1.54) is 16.7 Å². The summed E-state index contributed by atoms with van der Waals surface area (Å²) in [5.74, 6) is 4.03. The minimum Gasteiger partial charge on any atom is -0.369 e. The molecule has 1 N–H and O–H groups in total. The van der Waals surface area contributed by atoms with Crippen LogP contribution in [0.3, 0.4) is 0 Å². The number of hydrogen-bond donors (Lipinski definition) is 1. The Morgan fingerprint density at radius 1 is 1.13 bits per heavy atom. The summed E-state index contributed by atoms with van der Waals surface area (Å²) in [6, 6.07) is 9.50. The first-order valence-electron chi connectivity index (χ1n) is 12.8. The number of alkyl halides is 3. The number of hydrogen-bond acceptors (Lipinski definition) is 6. The predicted molar refractivity (Wildman–Crippen MR) is 147 cm³/mol. The van der Waals surface area contributed by atoms with Crippen LogP contribution in [0.1, 0.15) is 18.9 Å². The normalized spacial score (nSPS) is 18.0. The van der Waals surface area contributed by atoms with Crippen molar-refractivity contribution in [3.8, 4) is 11.8 Å². The zero-order valence-corrected chi connectivity index (χ0v) is 21.8. The highest BCUT2D eigenvalue weighted by molar-refractivity contribution is 5.77. The second-order valence-corrected chi connectivity index (χ2v) is 9.76. The van der Waals surface area contributed by atoms with E-state index in [-0.39, 0.29) is 35.7 Å². The van der Waals surface area contributed by atoms with Gasteiger partial charge in [-0.05, 0) is 56.3 Å². The Labute approximate surface area is 224 Å². The molecule has 0 saturated carbocycles.